The molecule has 0 spiro atoms. The van der Waals surface area contributed by atoms with Crippen molar-refractivity contribution in [3.8, 4) is 0 Å². The number of hydrogen-bond acceptors (Lipinski definition) is 3. The molecule has 0 fully saturated rings. The molecule has 1 amide bonds. The monoisotopic (exact) mass is 294 g/mol. The van der Waals surface area contributed by atoms with Crippen molar-refractivity contribution in [2.75, 3.05) is 0 Å². The highest BCUT2D eigenvalue weighted by Crippen LogP contribution is 2.12. The summed E-state index contributed by atoms with van der Waals surface area (Å²) in [6.07, 6.45) is 10.9. The number of hydrogen-bond donors (Lipinski definition) is 1. The first-order valence-corrected chi connectivity index (χ1v) is 8.48. The van der Waals surface area contributed by atoms with E-state index in [1.807, 2.05) is 18.4 Å². The third kappa shape index (κ3) is 7.43. The van der Waals surface area contributed by atoms with Crippen LogP contribution in [0.2, 0.25) is 0 Å². The van der Waals surface area contributed by atoms with E-state index in [9.17, 15) is 4.79 Å². The fraction of sp³-hybridized carbons (Fsp3) is 0.625. The lowest BCUT2D eigenvalue weighted by atomic mass is 10.1. The molecule has 1 aromatic heterocycles. The van der Waals surface area contributed by atoms with Crippen LogP contribution in [0, 0.1) is 6.92 Å². The van der Waals surface area contributed by atoms with Crippen LogP contribution in [0.1, 0.15) is 68.7 Å². The standard InChI is InChI=1S/C16H26N2OS/c1-3-4-5-6-7-8-9-10-16(19)18-17-13-15-14(2)11-12-20-15/h11-13H,3-10H2,1-2H3,(H,18,19)/b17-13+. The van der Waals surface area contributed by atoms with Gasteiger partial charge in [0.15, 0.2) is 0 Å². The lowest BCUT2D eigenvalue weighted by molar-refractivity contribution is -0.121. The molecule has 20 heavy (non-hydrogen) atoms. The Hall–Kier alpha value is -1.16. The molecule has 112 valence electrons. The van der Waals surface area contributed by atoms with Crippen molar-refractivity contribution in [3.63, 3.8) is 0 Å². The Kier molecular flexibility index (Phi) is 8.96. The first kappa shape index (κ1) is 16.9. The summed E-state index contributed by atoms with van der Waals surface area (Å²) in [4.78, 5) is 12.7. The molecular formula is C16H26N2OS. The molecule has 1 aromatic rings. The van der Waals surface area contributed by atoms with E-state index in [0.717, 1.165) is 17.7 Å². The number of nitrogens with one attached hydrogen (secondary N) is 1. The fourth-order valence-electron chi connectivity index (χ4n) is 1.98. The molecule has 0 unspecified atom stereocenters. The highest BCUT2D eigenvalue weighted by Gasteiger charge is 2.00. The van der Waals surface area contributed by atoms with Gasteiger partial charge in [0.25, 0.3) is 0 Å². The summed E-state index contributed by atoms with van der Waals surface area (Å²) < 4.78 is 0. The van der Waals surface area contributed by atoms with Gasteiger partial charge in [-0.1, -0.05) is 45.4 Å². The van der Waals surface area contributed by atoms with Crippen LogP contribution >= 0.6 is 11.3 Å². The highest BCUT2D eigenvalue weighted by molar-refractivity contribution is 7.11. The van der Waals surface area contributed by atoms with Gasteiger partial charge in [0.2, 0.25) is 5.91 Å². The van der Waals surface area contributed by atoms with Gasteiger partial charge in [0, 0.05) is 11.3 Å². The number of unbranched alkanes of at least 4 members (excludes halogenated alkanes) is 6. The van der Waals surface area contributed by atoms with Gasteiger partial charge in [-0.05, 0) is 30.4 Å². The van der Waals surface area contributed by atoms with Crippen LogP contribution in [0.25, 0.3) is 0 Å². The fourth-order valence-corrected chi connectivity index (χ4v) is 2.76. The van der Waals surface area contributed by atoms with E-state index in [1.165, 1.54) is 37.7 Å². The first-order valence-electron chi connectivity index (χ1n) is 7.60. The van der Waals surface area contributed by atoms with E-state index in [4.69, 9.17) is 0 Å². The molecule has 1 rings (SSSR count). The Morgan fingerprint density at radius 2 is 1.95 bits per heavy atom. The Labute approximate surface area is 126 Å². The van der Waals surface area contributed by atoms with Crippen molar-refractivity contribution in [3.05, 3.63) is 21.9 Å². The summed E-state index contributed by atoms with van der Waals surface area (Å²) in [5, 5.41) is 6.02. The topological polar surface area (TPSA) is 41.5 Å². The predicted molar refractivity (Wildman–Crippen MR) is 87.4 cm³/mol. The number of thiophene rings is 1. The van der Waals surface area contributed by atoms with Gasteiger partial charge >= 0.3 is 0 Å². The average Bonchev–Trinajstić information content (AvgIpc) is 2.83. The molecule has 4 heteroatoms. The molecule has 0 aliphatic heterocycles. The number of amides is 1. The van der Waals surface area contributed by atoms with Crippen molar-refractivity contribution in [1.82, 2.24) is 5.43 Å². The van der Waals surface area contributed by atoms with Gasteiger partial charge in [0.1, 0.15) is 0 Å². The van der Waals surface area contributed by atoms with E-state index in [1.54, 1.807) is 17.6 Å². The SMILES string of the molecule is CCCCCCCCCC(=O)N/N=C/c1sccc1C. The van der Waals surface area contributed by atoms with Crippen molar-refractivity contribution < 1.29 is 4.79 Å². The van der Waals surface area contributed by atoms with Crippen molar-refractivity contribution >= 4 is 23.5 Å². The highest BCUT2D eigenvalue weighted by atomic mass is 32.1. The molecule has 0 saturated heterocycles. The minimum Gasteiger partial charge on any atom is -0.273 e. The molecule has 3 nitrogen and oxygen atoms in total. The normalized spacial score (nSPS) is 11.1. The number of carbonyl (C=O) groups is 1. The van der Waals surface area contributed by atoms with Gasteiger partial charge in [-0.15, -0.1) is 11.3 Å². The third-order valence-electron chi connectivity index (χ3n) is 3.28. The lowest BCUT2D eigenvalue weighted by Crippen LogP contribution is -2.16. The zero-order valence-corrected chi connectivity index (χ0v) is 13.5. The van der Waals surface area contributed by atoms with Crippen molar-refractivity contribution in [2.45, 2.75) is 65.2 Å². The number of nitrogens with zero attached hydrogens (tertiary/aromatic N) is 1. The summed E-state index contributed by atoms with van der Waals surface area (Å²) in [5.74, 6) is 0.0176. The van der Waals surface area contributed by atoms with Crippen molar-refractivity contribution in [2.24, 2.45) is 5.10 Å². The summed E-state index contributed by atoms with van der Waals surface area (Å²) in [6.45, 7) is 4.26. The van der Waals surface area contributed by atoms with E-state index in [0.29, 0.717) is 6.42 Å². The second-order valence-electron chi connectivity index (χ2n) is 5.13. The number of hydrazone groups is 1. The molecule has 0 aromatic carbocycles. The zero-order chi connectivity index (χ0) is 14.6. The third-order valence-corrected chi connectivity index (χ3v) is 4.23. The summed E-state index contributed by atoms with van der Waals surface area (Å²) in [6, 6.07) is 2.05. The van der Waals surface area contributed by atoms with Gasteiger partial charge in [0.05, 0.1) is 6.21 Å². The van der Waals surface area contributed by atoms with Crippen LogP contribution in [0.4, 0.5) is 0 Å². The lowest BCUT2D eigenvalue weighted by Gasteiger charge is -2.01. The van der Waals surface area contributed by atoms with E-state index >= 15 is 0 Å². The second-order valence-corrected chi connectivity index (χ2v) is 6.08. The van der Waals surface area contributed by atoms with Crippen LogP contribution in [-0.2, 0) is 4.79 Å². The summed E-state index contributed by atoms with van der Waals surface area (Å²) in [5.41, 5.74) is 3.79. The maximum Gasteiger partial charge on any atom is 0.240 e. The molecular weight excluding hydrogens is 268 g/mol. The molecule has 0 saturated carbocycles. The molecule has 0 atom stereocenters. The van der Waals surface area contributed by atoms with E-state index in [-0.39, 0.29) is 5.91 Å². The summed E-state index contributed by atoms with van der Waals surface area (Å²) >= 11 is 1.63. The van der Waals surface area contributed by atoms with Crippen LogP contribution in [0.3, 0.4) is 0 Å². The maximum atomic E-state index is 11.6. The van der Waals surface area contributed by atoms with Gasteiger partial charge in [-0.2, -0.15) is 5.10 Å². The van der Waals surface area contributed by atoms with Gasteiger partial charge in [-0.3, -0.25) is 4.79 Å². The van der Waals surface area contributed by atoms with E-state index in [2.05, 4.69) is 17.5 Å². The first-order chi connectivity index (χ1) is 9.74. The molecule has 0 aliphatic carbocycles. The van der Waals surface area contributed by atoms with Crippen LogP contribution in [-0.4, -0.2) is 12.1 Å². The minimum atomic E-state index is 0.0176. The second kappa shape index (κ2) is 10.6. The Bertz CT molecular complexity index is 412. The number of aryl methyl sites for hydroxylation is 1. The Morgan fingerprint density at radius 1 is 1.25 bits per heavy atom. The predicted octanol–water partition coefficient (Wildman–Crippen LogP) is 4.65. The Balaban J connectivity index is 2.03. The minimum absolute atomic E-state index is 0.0176. The van der Waals surface area contributed by atoms with Crippen LogP contribution in [0.15, 0.2) is 16.5 Å². The van der Waals surface area contributed by atoms with Crippen LogP contribution < -0.4 is 5.43 Å². The smallest absolute Gasteiger partial charge is 0.240 e. The molecule has 0 bridgehead atoms. The molecule has 1 heterocycles. The summed E-state index contributed by atoms with van der Waals surface area (Å²) in [7, 11) is 0. The number of carbonyl (C=O) groups excluding carboxylic acids is 1. The number of rotatable bonds is 10. The van der Waals surface area contributed by atoms with Gasteiger partial charge < -0.3 is 0 Å². The molecule has 0 aliphatic rings. The zero-order valence-electron chi connectivity index (χ0n) is 12.7. The van der Waals surface area contributed by atoms with Gasteiger partial charge in [-0.25, -0.2) is 5.43 Å². The maximum absolute atomic E-state index is 11.6. The average molecular weight is 294 g/mol. The molecule has 0 radical (unpaired) electrons. The quantitative estimate of drug-likeness (QED) is 0.381. The Morgan fingerprint density at radius 3 is 2.60 bits per heavy atom. The van der Waals surface area contributed by atoms with E-state index < -0.39 is 0 Å². The van der Waals surface area contributed by atoms with Crippen molar-refractivity contribution in [1.29, 1.82) is 0 Å². The van der Waals surface area contributed by atoms with Crippen LogP contribution in [0.5, 0.6) is 0 Å². The largest absolute Gasteiger partial charge is 0.273 e. The molecule has 1 N–H and O–H groups in total.